The van der Waals surface area contributed by atoms with Crippen molar-refractivity contribution >= 4 is 39.6 Å². The number of benzene rings is 2. The zero-order valence-corrected chi connectivity index (χ0v) is 22.3. The standard InChI is InChI=1S/C29H22N8O2S/c1-17(33-28(38)24-25(30)35-36-15-7-14-31-27(24)36)26-34-22-11-6-8-19(12-13-21-16-32-18(2)40-21)23(22)29(39)37(26)20-9-4-3-5-10-20/h3-11,14-17H,1-2H3,(H2,30,35)(H,33,38). The van der Waals surface area contributed by atoms with Gasteiger partial charge in [0, 0.05) is 18.0 Å². The van der Waals surface area contributed by atoms with Crippen molar-refractivity contribution in [2.24, 2.45) is 0 Å². The Hall–Kier alpha value is -5.34. The molecule has 10 nitrogen and oxygen atoms in total. The average Bonchev–Trinajstić information content (AvgIpc) is 3.53. The SMILES string of the molecule is Cc1ncc(C#Cc2cccc3nc(C(C)NC(=O)c4c(N)nn5cccnc45)n(-c4ccccc4)c(=O)c23)s1. The van der Waals surface area contributed by atoms with Gasteiger partial charge in [-0.1, -0.05) is 30.2 Å². The predicted molar refractivity (Wildman–Crippen MR) is 153 cm³/mol. The molecule has 196 valence electrons. The molecule has 40 heavy (non-hydrogen) atoms. The van der Waals surface area contributed by atoms with Crippen molar-refractivity contribution in [3.05, 3.63) is 110 Å². The maximum absolute atomic E-state index is 14.1. The molecule has 0 aliphatic rings. The summed E-state index contributed by atoms with van der Waals surface area (Å²) in [5, 5.41) is 8.40. The van der Waals surface area contributed by atoms with Crippen LogP contribution in [0.2, 0.25) is 0 Å². The van der Waals surface area contributed by atoms with Crippen LogP contribution >= 0.6 is 11.3 Å². The molecule has 6 rings (SSSR count). The Balaban J connectivity index is 1.48. The summed E-state index contributed by atoms with van der Waals surface area (Å²) >= 11 is 1.49. The summed E-state index contributed by atoms with van der Waals surface area (Å²) < 4.78 is 2.95. The molecule has 11 heteroatoms. The average molecular weight is 547 g/mol. The van der Waals surface area contributed by atoms with Crippen LogP contribution < -0.4 is 16.6 Å². The smallest absolute Gasteiger partial charge is 0.267 e. The van der Waals surface area contributed by atoms with Gasteiger partial charge in [-0.3, -0.25) is 14.2 Å². The number of anilines is 1. The van der Waals surface area contributed by atoms with Gasteiger partial charge in [0.25, 0.3) is 11.5 Å². The number of aryl methyl sites for hydroxylation is 1. The Kier molecular flexibility index (Phi) is 6.30. The van der Waals surface area contributed by atoms with Gasteiger partial charge in [-0.15, -0.1) is 16.4 Å². The van der Waals surface area contributed by atoms with Crippen molar-refractivity contribution in [2.75, 3.05) is 5.73 Å². The highest BCUT2D eigenvalue weighted by atomic mass is 32.1. The van der Waals surface area contributed by atoms with Crippen LogP contribution in [-0.2, 0) is 0 Å². The lowest BCUT2D eigenvalue weighted by Gasteiger charge is -2.20. The quantitative estimate of drug-likeness (QED) is 0.322. The summed E-state index contributed by atoms with van der Waals surface area (Å²) in [5.74, 6) is 6.15. The molecule has 0 aliphatic heterocycles. The van der Waals surface area contributed by atoms with Gasteiger partial charge in [-0.25, -0.2) is 19.5 Å². The monoisotopic (exact) mass is 546 g/mol. The molecule has 4 heterocycles. The maximum atomic E-state index is 14.1. The Morgan fingerprint density at radius 3 is 2.67 bits per heavy atom. The predicted octanol–water partition coefficient (Wildman–Crippen LogP) is 3.67. The van der Waals surface area contributed by atoms with Gasteiger partial charge in [0.2, 0.25) is 0 Å². The fourth-order valence-electron chi connectivity index (χ4n) is 4.47. The molecule has 4 aromatic heterocycles. The molecule has 0 saturated carbocycles. The zero-order valence-electron chi connectivity index (χ0n) is 21.5. The van der Waals surface area contributed by atoms with Gasteiger partial charge in [0.05, 0.1) is 38.7 Å². The van der Waals surface area contributed by atoms with E-state index >= 15 is 0 Å². The number of nitrogens with one attached hydrogen (secondary N) is 1. The molecule has 0 bridgehead atoms. The van der Waals surface area contributed by atoms with E-state index in [0.29, 0.717) is 33.6 Å². The van der Waals surface area contributed by atoms with Gasteiger partial charge in [0.1, 0.15) is 11.4 Å². The number of carbonyl (C=O) groups excluding carboxylic acids is 1. The van der Waals surface area contributed by atoms with Gasteiger partial charge >= 0.3 is 0 Å². The number of fused-ring (bicyclic) bond motifs is 2. The molecule has 0 saturated heterocycles. The van der Waals surface area contributed by atoms with Crippen molar-refractivity contribution in [3.8, 4) is 17.5 Å². The van der Waals surface area contributed by atoms with Crippen molar-refractivity contribution in [3.63, 3.8) is 0 Å². The largest absolute Gasteiger partial charge is 0.381 e. The van der Waals surface area contributed by atoms with Crippen LogP contribution in [0.4, 0.5) is 5.82 Å². The van der Waals surface area contributed by atoms with Gasteiger partial charge < -0.3 is 11.1 Å². The summed E-state index contributed by atoms with van der Waals surface area (Å²) in [6, 6.07) is 15.5. The van der Waals surface area contributed by atoms with E-state index in [4.69, 9.17) is 10.7 Å². The number of nitrogen functional groups attached to an aromatic ring is 1. The zero-order chi connectivity index (χ0) is 27.8. The lowest BCUT2D eigenvalue weighted by Crippen LogP contribution is -2.33. The second kappa shape index (κ2) is 10.1. The van der Waals surface area contributed by atoms with Crippen LogP contribution in [0.15, 0.2) is 78.0 Å². The van der Waals surface area contributed by atoms with E-state index in [1.807, 2.05) is 43.3 Å². The van der Waals surface area contributed by atoms with Gasteiger partial charge in [-0.05, 0) is 50.1 Å². The van der Waals surface area contributed by atoms with Crippen molar-refractivity contribution in [2.45, 2.75) is 19.9 Å². The van der Waals surface area contributed by atoms with E-state index in [0.717, 1.165) is 9.88 Å². The third-order valence-electron chi connectivity index (χ3n) is 6.26. The molecular weight excluding hydrogens is 524 g/mol. The number of nitrogens with zero attached hydrogens (tertiary/aromatic N) is 6. The molecular formula is C29H22N8O2S. The summed E-state index contributed by atoms with van der Waals surface area (Å²) in [5.41, 5.74) is 7.87. The van der Waals surface area contributed by atoms with E-state index in [9.17, 15) is 9.59 Å². The molecule has 0 radical (unpaired) electrons. The highest BCUT2D eigenvalue weighted by Gasteiger charge is 2.24. The second-order valence-corrected chi connectivity index (χ2v) is 10.2. The first kappa shape index (κ1) is 25.0. The third kappa shape index (κ3) is 4.46. The number of para-hydroxylation sites is 1. The van der Waals surface area contributed by atoms with Crippen molar-refractivity contribution in [1.29, 1.82) is 0 Å². The highest BCUT2D eigenvalue weighted by molar-refractivity contribution is 7.12. The summed E-state index contributed by atoms with van der Waals surface area (Å²) in [4.78, 5) is 41.6. The van der Waals surface area contributed by atoms with Crippen molar-refractivity contribution < 1.29 is 4.79 Å². The molecule has 0 spiro atoms. The molecule has 0 fully saturated rings. The topological polar surface area (TPSA) is 133 Å². The minimum atomic E-state index is -0.683. The highest BCUT2D eigenvalue weighted by Crippen LogP contribution is 2.22. The molecule has 3 N–H and O–H groups in total. The minimum absolute atomic E-state index is 0.0506. The lowest BCUT2D eigenvalue weighted by atomic mass is 10.1. The van der Waals surface area contributed by atoms with E-state index < -0.39 is 11.9 Å². The molecule has 1 amide bonds. The Morgan fingerprint density at radius 2 is 1.90 bits per heavy atom. The van der Waals surface area contributed by atoms with E-state index in [2.05, 4.69) is 32.2 Å². The first-order valence-electron chi connectivity index (χ1n) is 12.4. The molecule has 0 aliphatic carbocycles. The number of nitrogens with two attached hydrogens (primary N) is 1. The molecule has 6 aromatic rings. The number of hydrogen-bond acceptors (Lipinski definition) is 8. The first-order chi connectivity index (χ1) is 19.4. The summed E-state index contributed by atoms with van der Waals surface area (Å²) in [6.07, 6.45) is 4.94. The Bertz CT molecular complexity index is 2030. The minimum Gasteiger partial charge on any atom is -0.381 e. The van der Waals surface area contributed by atoms with Crippen LogP contribution in [0, 0.1) is 18.8 Å². The second-order valence-electron chi connectivity index (χ2n) is 8.98. The van der Waals surface area contributed by atoms with Crippen LogP contribution in [-0.4, -0.2) is 35.0 Å². The molecule has 1 atom stereocenters. The van der Waals surface area contributed by atoms with E-state index in [1.165, 1.54) is 20.4 Å². The maximum Gasteiger partial charge on any atom is 0.267 e. The number of thiazole rings is 1. The summed E-state index contributed by atoms with van der Waals surface area (Å²) in [7, 11) is 0. The van der Waals surface area contributed by atoms with Crippen LogP contribution in [0.3, 0.4) is 0 Å². The van der Waals surface area contributed by atoms with E-state index in [1.54, 1.807) is 43.7 Å². The lowest BCUT2D eigenvalue weighted by molar-refractivity contribution is 0.0940. The summed E-state index contributed by atoms with van der Waals surface area (Å²) in [6.45, 7) is 3.67. The Labute approximate surface area is 232 Å². The number of carbonyl (C=O) groups is 1. The van der Waals surface area contributed by atoms with Crippen LogP contribution in [0.1, 0.15) is 44.6 Å². The number of hydrogen-bond donors (Lipinski definition) is 2. The Morgan fingerprint density at radius 1 is 1.07 bits per heavy atom. The number of amides is 1. The number of aromatic nitrogens is 6. The molecule has 1 unspecified atom stereocenters. The fourth-order valence-corrected chi connectivity index (χ4v) is 5.10. The van der Waals surface area contributed by atoms with Gasteiger partial charge in [0.15, 0.2) is 11.5 Å². The molecule has 2 aromatic carbocycles. The first-order valence-corrected chi connectivity index (χ1v) is 13.2. The van der Waals surface area contributed by atoms with Crippen LogP contribution in [0.25, 0.3) is 22.2 Å². The number of rotatable bonds is 4. The van der Waals surface area contributed by atoms with Crippen molar-refractivity contribution in [1.82, 2.24) is 34.4 Å². The van der Waals surface area contributed by atoms with Crippen LogP contribution in [0.5, 0.6) is 0 Å². The normalized spacial score (nSPS) is 11.8. The van der Waals surface area contributed by atoms with E-state index in [-0.39, 0.29) is 16.9 Å². The van der Waals surface area contributed by atoms with Gasteiger partial charge in [-0.2, -0.15) is 0 Å². The fraction of sp³-hybridized carbons (Fsp3) is 0.103. The third-order valence-corrected chi connectivity index (χ3v) is 7.09.